The molecule has 0 unspecified atom stereocenters. The number of likely N-dealkylation sites (N-methyl/N-ethyl adjacent to an activating group) is 1. The molecule has 2 aromatic carbocycles. The number of ether oxygens (including phenoxy) is 2. The van der Waals surface area contributed by atoms with Crippen molar-refractivity contribution in [3.05, 3.63) is 53.2 Å². The van der Waals surface area contributed by atoms with E-state index < -0.39 is 12.1 Å². The van der Waals surface area contributed by atoms with Crippen molar-refractivity contribution in [2.45, 2.75) is 50.9 Å². The van der Waals surface area contributed by atoms with Gasteiger partial charge in [0.05, 0.1) is 36.9 Å². The van der Waals surface area contributed by atoms with Crippen LogP contribution in [0.25, 0.3) is 10.8 Å². The van der Waals surface area contributed by atoms with Crippen LogP contribution in [-0.4, -0.2) is 103 Å². The summed E-state index contributed by atoms with van der Waals surface area (Å²) in [6.07, 6.45) is 0.938. The number of benzene rings is 2. The van der Waals surface area contributed by atoms with E-state index >= 15 is 0 Å². The van der Waals surface area contributed by atoms with E-state index in [1.54, 1.807) is 7.11 Å². The van der Waals surface area contributed by atoms with E-state index in [9.17, 15) is 15.2 Å². The fraction of sp³-hybridized carbons (Fsp3) is 0.500. The van der Waals surface area contributed by atoms with Crippen molar-refractivity contribution in [1.82, 2.24) is 19.8 Å². The predicted molar refractivity (Wildman–Crippen MR) is 164 cm³/mol. The number of carboxylic acid groups (broad SMARTS) is 1. The normalized spacial score (nSPS) is 22.5. The Labute approximate surface area is 252 Å². The molecule has 0 bridgehead atoms. The Morgan fingerprint density at radius 3 is 2.65 bits per heavy atom. The highest BCUT2D eigenvalue weighted by Crippen LogP contribution is 2.36. The molecule has 0 aliphatic carbocycles. The molecule has 3 aliphatic heterocycles. The van der Waals surface area contributed by atoms with E-state index in [0.29, 0.717) is 38.8 Å². The molecule has 1 aromatic heterocycles. The van der Waals surface area contributed by atoms with E-state index in [2.05, 4.69) is 71.1 Å². The lowest BCUT2D eigenvalue weighted by Gasteiger charge is -2.41. The maximum absolute atomic E-state index is 11.9. The van der Waals surface area contributed by atoms with Crippen molar-refractivity contribution in [2.75, 3.05) is 63.3 Å². The van der Waals surface area contributed by atoms with Crippen LogP contribution in [0.2, 0.25) is 0 Å². The molecular weight excluding hydrogens is 546 g/mol. The number of hydrogen-bond acceptors (Lipinski definition) is 9. The number of fused-ring (bicyclic) bond motifs is 2. The number of amides is 1. The minimum Gasteiger partial charge on any atom is -0.465 e. The zero-order valence-electron chi connectivity index (χ0n) is 25.1. The fourth-order valence-electron chi connectivity index (χ4n) is 6.83. The van der Waals surface area contributed by atoms with Gasteiger partial charge in [-0.15, -0.1) is 0 Å². The number of piperazine rings is 1. The van der Waals surface area contributed by atoms with E-state index in [1.165, 1.54) is 26.9 Å². The van der Waals surface area contributed by atoms with Gasteiger partial charge in [0, 0.05) is 62.5 Å². The zero-order chi connectivity index (χ0) is 30.1. The molecule has 2 saturated heterocycles. The monoisotopic (exact) mass is 585 g/mol. The molecule has 3 aromatic rings. The van der Waals surface area contributed by atoms with Gasteiger partial charge in [0.15, 0.2) is 0 Å². The quantitative estimate of drug-likeness (QED) is 0.440. The molecule has 11 nitrogen and oxygen atoms in total. The summed E-state index contributed by atoms with van der Waals surface area (Å²) in [6.45, 7) is 6.07. The van der Waals surface area contributed by atoms with Gasteiger partial charge in [0.2, 0.25) is 0 Å². The molecule has 0 saturated carbocycles. The molecular formula is C32H39N7O4. The summed E-state index contributed by atoms with van der Waals surface area (Å²) in [5.74, 6) is 0.788. The number of aryl methyl sites for hydroxylation is 1. The smallest absolute Gasteiger partial charge is 0.407 e. The molecule has 11 heteroatoms. The van der Waals surface area contributed by atoms with Crippen molar-refractivity contribution in [2.24, 2.45) is 0 Å². The molecule has 6 rings (SSSR count). The van der Waals surface area contributed by atoms with Gasteiger partial charge in [-0.3, -0.25) is 4.90 Å². The number of nitriles is 1. The van der Waals surface area contributed by atoms with Crippen molar-refractivity contribution in [3.63, 3.8) is 0 Å². The van der Waals surface area contributed by atoms with Gasteiger partial charge in [-0.1, -0.05) is 30.3 Å². The average molecular weight is 586 g/mol. The summed E-state index contributed by atoms with van der Waals surface area (Å²) in [6, 6.07) is 15.1. The summed E-state index contributed by atoms with van der Waals surface area (Å²) in [4.78, 5) is 29.9. The largest absolute Gasteiger partial charge is 0.465 e. The number of methoxy groups -OCH3 is 1. The maximum atomic E-state index is 11.9. The molecule has 0 spiro atoms. The minimum atomic E-state index is -0.996. The average Bonchev–Trinajstić information content (AvgIpc) is 3.38. The highest BCUT2D eigenvalue weighted by molar-refractivity contribution is 5.97. The van der Waals surface area contributed by atoms with E-state index in [1.807, 2.05) is 0 Å². The van der Waals surface area contributed by atoms with Crippen LogP contribution in [0.15, 0.2) is 36.4 Å². The number of likely N-dealkylation sites (tertiary alicyclic amines) is 1. The van der Waals surface area contributed by atoms with Gasteiger partial charge in [-0.05, 0) is 43.8 Å². The fourth-order valence-corrected chi connectivity index (χ4v) is 6.83. The third kappa shape index (κ3) is 5.77. The lowest BCUT2D eigenvalue weighted by atomic mass is 9.99. The number of anilines is 2. The Morgan fingerprint density at radius 1 is 1.09 bits per heavy atom. The molecule has 3 aliphatic rings. The topological polar surface area (TPSA) is 118 Å². The predicted octanol–water partition coefficient (Wildman–Crippen LogP) is 3.68. The van der Waals surface area contributed by atoms with Gasteiger partial charge in [0.1, 0.15) is 12.4 Å². The van der Waals surface area contributed by atoms with Gasteiger partial charge in [0.25, 0.3) is 0 Å². The summed E-state index contributed by atoms with van der Waals surface area (Å²) in [5, 5.41) is 21.6. The third-order valence-corrected chi connectivity index (χ3v) is 9.20. The van der Waals surface area contributed by atoms with Crippen LogP contribution in [0, 0.1) is 18.3 Å². The second kappa shape index (κ2) is 12.2. The Balaban J connectivity index is 1.33. The standard InChI is InChI=1S/C32H39N7O4/c1-21-6-4-7-22-8-5-9-28(29(21)22)37-13-11-26-27(19-37)34-31(43-20-24-16-25(42-3)18-36(24)2)35-30(26)38-14-15-39(32(40)41)23(17-38)10-12-33/h4-9,23-25H,10-11,13-20H2,1-3H3,(H,40,41)/t23-,24-,25+/m0/s1. The first-order valence-electron chi connectivity index (χ1n) is 15.0. The van der Waals surface area contributed by atoms with Crippen LogP contribution in [0.1, 0.15) is 29.7 Å². The van der Waals surface area contributed by atoms with E-state index in [4.69, 9.17) is 19.4 Å². The first-order valence-corrected chi connectivity index (χ1v) is 15.0. The number of aromatic nitrogens is 2. The highest BCUT2D eigenvalue weighted by Gasteiger charge is 2.35. The number of hydrogen-bond donors (Lipinski definition) is 1. The maximum Gasteiger partial charge on any atom is 0.407 e. The minimum absolute atomic E-state index is 0.127. The van der Waals surface area contributed by atoms with Gasteiger partial charge in [-0.2, -0.15) is 15.2 Å². The third-order valence-electron chi connectivity index (χ3n) is 9.20. The van der Waals surface area contributed by atoms with E-state index in [0.717, 1.165) is 43.0 Å². The van der Waals surface area contributed by atoms with Crippen LogP contribution in [0.4, 0.5) is 16.3 Å². The summed E-state index contributed by atoms with van der Waals surface area (Å²) < 4.78 is 11.9. The van der Waals surface area contributed by atoms with Crippen molar-refractivity contribution < 1.29 is 19.4 Å². The number of rotatable bonds is 7. The first kappa shape index (κ1) is 29.0. The molecule has 1 amide bonds. The van der Waals surface area contributed by atoms with Crippen LogP contribution >= 0.6 is 0 Å². The second-order valence-electron chi connectivity index (χ2n) is 11.8. The second-order valence-corrected chi connectivity index (χ2v) is 11.8. The molecule has 3 atom stereocenters. The molecule has 4 heterocycles. The molecule has 2 fully saturated rings. The van der Waals surface area contributed by atoms with E-state index in [-0.39, 0.29) is 18.6 Å². The summed E-state index contributed by atoms with van der Waals surface area (Å²) in [5.41, 5.74) is 4.41. The van der Waals surface area contributed by atoms with Crippen LogP contribution in [0.5, 0.6) is 6.01 Å². The Kier molecular flexibility index (Phi) is 8.23. The summed E-state index contributed by atoms with van der Waals surface area (Å²) >= 11 is 0. The Bertz CT molecular complexity index is 1540. The highest BCUT2D eigenvalue weighted by atomic mass is 16.5. The molecule has 226 valence electrons. The first-order chi connectivity index (χ1) is 20.9. The zero-order valence-corrected chi connectivity index (χ0v) is 25.1. The van der Waals surface area contributed by atoms with Gasteiger partial charge >= 0.3 is 12.1 Å². The van der Waals surface area contributed by atoms with Gasteiger partial charge in [-0.25, -0.2) is 4.79 Å². The lowest BCUT2D eigenvalue weighted by Crippen LogP contribution is -2.55. The Morgan fingerprint density at radius 2 is 1.91 bits per heavy atom. The summed E-state index contributed by atoms with van der Waals surface area (Å²) in [7, 11) is 3.82. The number of nitrogens with zero attached hydrogens (tertiary/aromatic N) is 7. The van der Waals surface area contributed by atoms with Crippen molar-refractivity contribution in [1.29, 1.82) is 5.26 Å². The van der Waals surface area contributed by atoms with Crippen LogP contribution in [0.3, 0.4) is 0 Å². The Hall–Kier alpha value is -4.14. The molecule has 0 radical (unpaired) electrons. The molecule has 43 heavy (non-hydrogen) atoms. The molecule has 1 N–H and O–H groups in total. The van der Waals surface area contributed by atoms with Gasteiger partial charge < -0.3 is 29.3 Å². The van der Waals surface area contributed by atoms with Crippen LogP contribution in [-0.2, 0) is 17.7 Å². The van der Waals surface area contributed by atoms with Crippen molar-refractivity contribution >= 4 is 28.4 Å². The SMILES string of the molecule is CO[C@@H]1C[C@@H](COc2nc3c(c(N4CCN(C(=O)O)[C@@H](CC#N)C4)n2)CCN(c2cccc4cccc(C)c24)C3)N(C)C1. The van der Waals surface area contributed by atoms with Crippen LogP contribution < -0.4 is 14.5 Å². The van der Waals surface area contributed by atoms with Crippen molar-refractivity contribution in [3.8, 4) is 12.1 Å². The number of carbonyl (C=O) groups is 1. The lowest BCUT2D eigenvalue weighted by molar-refractivity contribution is 0.111.